The zero-order valence-corrected chi connectivity index (χ0v) is 12.8. The second-order valence-corrected chi connectivity index (χ2v) is 6.27. The van der Waals surface area contributed by atoms with E-state index >= 15 is 0 Å². The number of nitro groups is 1. The van der Waals surface area contributed by atoms with E-state index in [-0.39, 0.29) is 34.4 Å². The van der Waals surface area contributed by atoms with Crippen molar-refractivity contribution >= 4 is 11.6 Å². The number of hydrogen-bond acceptors (Lipinski definition) is 5. The maximum absolute atomic E-state index is 12.7. The minimum atomic E-state index is -0.545. The molecule has 2 rings (SSSR count). The fourth-order valence-corrected chi connectivity index (χ4v) is 2.80. The highest BCUT2D eigenvalue weighted by molar-refractivity contribution is 5.97. The molecule has 1 atom stereocenters. The third kappa shape index (κ3) is 2.63. The lowest BCUT2D eigenvalue weighted by molar-refractivity contribution is -0.385. The predicted molar refractivity (Wildman–Crippen MR) is 76.9 cm³/mol. The third-order valence-corrected chi connectivity index (χ3v) is 4.18. The lowest BCUT2D eigenvalue weighted by Gasteiger charge is -2.42. The smallest absolute Gasteiger partial charge is 0.322 e. The Morgan fingerprint density at radius 1 is 1.52 bits per heavy atom. The van der Waals surface area contributed by atoms with Gasteiger partial charge in [0.05, 0.1) is 4.92 Å². The van der Waals surface area contributed by atoms with Crippen molar-refractivity contribution in [1.82, 2.24) is 14.7 Å². The summed E-state index contributed by atoms with van der Waals surface area (Å²) in [7, 11) is 1.55. The standard InChI is InChI=1S/C13H21N5O3/c1-8-10(18(20)21)11(16(4)15-8)12(19)17-6-5-9(14)13(2,3)7-17/h9H,5-7,14H2,1-4H3. The molecule has 21 heavy (non-hydrogen) atoms. The van der Waals surface area contributed by atoms with Crippen LogP contribution in [0.2, 0.25) is 0 Å². The monoisotopic (exact) mass is 295 g/mol. The Balaban J connectivity index is 2.36. The average Bonchev–Trinajstić information content (AvgIpc) is 2.66. The molecule has 8 heteroatoms. The summed E-state index contributed by atoms with van der Waals surface area (Å²) in [6.07, 6.45) is 0.684. The predicted octanol–water partition coefficient (Wildman–Crippen LogP) is 0.836. The van der Waals surface area contributed by atoms with Gasteiger partial charge in [0.25, 0.3) is 5.91 Å². The van der Waals surface area contributed by atoms with E-state index in [9.17, 15) is 14.9 Å². The number of piperidine rings is 1. The highest BCUT2D eigenvalue weighted by atomic mass is 16.6. The number of hydrogen-bond donors (Lipinski definition) is 1. The van der Waals surface area contributed by atoms with E-state index in [1.54, 1.807) is 11.9 Å². The van der Waals surface area contributed by atoms with Gasteiger partial charge in [-0.05, 0) is 18.8 Å². The van der Waals surface area contributed by atoms with Crippen molar-refractivity contribution in [1.29, 1.82) is 0 Å². The lowest BCUT2D eigenvalue weighted by atomic mass is 9.79. The number of nitrogens with zero attached hydrogens (tertiary/aromatic N) is 4. The summed E-state index contributed by atoms with van der Waals surface area (Å²) in [4.78, 5) is 24.9. The van der Waals surface area contributed by atoms with Gasteiger partial charge in [-0.15, -0.1) is 0 Å². The van der Waals surface area contributed by atoms with Gasteiger partial charge in [0.2, 0.25) is 5.69 Å². The Morgan fingerprint density at radius 3 is 2.67 bits per heavy atom. The fourth-order valence-electron chi connectivity index (χ4n) is 2.80. The van der Waals surface area contributed by atoms with E-state index in [0.29, 0.717) is 19.5 Å². The van der Waals surface area contributed by atoms with Gasteiger partial charge in [-0.25, -0.2) is 0 Å². The summed E-state index contributed by atoms with van der Waals surface area (Å²) in [6.45, 7) is 6.52. The van der Waals surface area contributed by atoms with E-state index in [0.717, 1.165) is 0 Å². The van der Waals surface area contributed by atoms with Crippen molar-refractivity contribution in [2.24, 2.45) is 18.2 Å². The SMILES string of the molecule is Cc1nn(C)c(C(=O)N2CCC(N)C(C)(C)C2)c1[N+](=O)[O-]. The van der Waals surface area contributed by atoms with E-state index < -0.39 is 4.92 Å². The number of likely N-dealkylation sites (tertiary alicyclic amines) is 1. The zero-order valence-electron chi connectivity index (χ0n) is 12.8. The molecule has 0 aromatic carbocycles. The van der Waals surface area contributed by atoms with Crippen molar-refractivity contribution in [2.45, 2.75) is 33.2 Å². The number of carbonyl (C=O) groups excluding carboxylic acids is 1. The Hall–Kier alpha value is -1.96. The first-order chi connectivity index (χ1) is 9.65. The van der Waals surface area contributed by atoms with Crippen molar-refractivity contribution in [3.05, 3.63) is 21.5 Å². The van der Waals surface area contributed by atoms with Gasteiger partial charge >= 0.3 is 5.69 Å². The molecular weight excluding hydrogens is 274 g/mol. The van der Waals surface area contributed by atoms with Crippen molar-refractivity contribution in [3.63, 3.8) is 0 Å². The molecule has 1 saturated heterocycles. The van der Waals surface area contributed by atoms with Crippen LogP contribution in [0.3, 0.4) is 0 Å². The molecule has 8 nitrogen and oxygen atoms in total. The molecule has 0 saturated carbocycles. The minimum absolute atomic E-state index is 0.0183. The first-order valence-electron chi connectivity index (χ1n) is 6.88. The Labute approximate surface area is 123 Å². The highest BCUT2D eigenvalue weighted by Gasteiger charge is 2.39. The van der Waals surface area contributed by atoms with Crippen LogP contribution in [0.25, 0.3) is 0 Å². The number of nitrogens with two attached hydrogens (primary N) is 1. The number of amides is 1. The van der Waals surface area contributed by atoms with E-state index in [2.05, 4.69) is 5.10 Å². The van der Waals surface area contributed by atoms with Gasteiger partial charge in [0, 0.05) is 26.2 Å². The molecule has 1 aliphatic rings. The molecule has 2 N–H and O–H groups in total. The zero-order chi connectivity index (χ0) is 15.9. The topological polar surface area (TPSA) is 107 Å². The second kappa shape index (κ2) is 5.10. The molecule has 1 unspecified atom stereocenters. The van der Waals surface area contributed by atoms with Gasteiger partial charge in [-0.1, -0.05) is 13.8 Å². The van der Waals surface area contributed by atoms with Crippen LogP contribution < -0.4 is 5.73 Å². The number of aryl methyl sites for hydroxylation is 2. The summed E-state index contributed by atoms with van der Waals surface area (Å²) in [5.41, 5.74) is 5.92. The molecule has 1 fully saturated rings. The minimum Gasteiger partial charge on any atom is -0.336 e. The fraction of sp³-hybridized carbons (Fsp3) is 0.692. The van der Waals surface area contributed by atoms with Crippen LogP contribution in [0.15, 0.2) is 0 Å². The molecule has 1 aromatic heterocycles. The van der Waals surface area contributed by atoms with Crippen LogP contribution in [0, 0.1) is 22.5 Å². The van der Waals surface area contributed by atoms with E-state index in [1.165, 1.54) is 11.6 Å². The number of carbonyl (C=O) groups is 1. The highest BCUT2D eigenvalue weighted by Crippen LogP contribution is 2.30. The van der Waals surface area contributed by atoms with Crippen LogP contribution in [-0.2, 0) is 7.05 Å². The van der Waals surface area contributed by atoms with Gasteiger partial charge in [0.15, 0.2) is 0 Å². The van der Waals surface area contributed by atoms with Gasteiger partial charge in [0.1, 0.15) is 5.69 Å². The Bertz CT molecular complexity index is 593. The summed E-state index contributed by atoms with van der Waals surface area (Å²) in [6, 6.07) is 0.0183. The first kappa shape index (κ1) is 15.4. The Kier molecular flexibility index (Phi) is 3.75. The maximum Gasteiger partial charge on any atom is 0.322 e. The van der Waals surface area contributed by atoms with Crippen LogP contribution in [-0.4, -0.2) is 44.6 Å². The summed E-state index contributed by atoms with van der Waals surface area (Å²) < 4.78 is 1.29. The quantitative estimate of drug-likeness (QED) is 0.642. The molecule has 1 aliphatic heterocycles. The van der Waals surface area contributed by atoms with Crippen molar-refractivity contribution < 1.29 is 9.72 Å². The van der Waals surface area contributed by atoms with Crippen LogP contribution in [0.5, 0.6) is 0 Å². The second-order valence-electron chi connectivity index (χ2n) is 6.27. The molecule has 1 amide bonds. The number of rotatable bonds is 2. The summed E-state index contributed by atoms with van der Waals surface area (Å²) in [5, 5.41) is 15.2. The molecular formula is C13H21N5O3. The van der Waals surface area contributed by atoms with Crippen molar-refractivity contribution in [2.75, 3.05) is 13.1 Å². The van der Waals surface area contributed by atoms with Crippen LogP contribution in [0.1, 0.15) is 36.5 Å². The summed E-state index contributed by atoms with van der Waals surface area (Å²) in [5.74, 6) is -0.357. The van der Waals surface area contributed by atoms with E-state index in [4.69, 9.17) is 5.73 Å². The maximum atomic E-state index is 12.7. The molecule has 0 radical (unpaired) electrons. The van der Waals surface area contributed by atoms with Crippen LogP contribution in [0.4, 0.5) is 5.69 Å². The Morgan fingerprint density at radius 2 is 2.14 bits per heavy atom. The van der Waals surface area contributed by atoms with Gasteiger partial charge in [-0.3, -0.25) is 19.6 Å². The van der Waals surface area contributed by atoms with Gasteiger partial charge in [-0.2, -0.15) is 5.10 Å². The molecule has 116 valence electrons. The average molecular weight is 295 g/mol. The lowest BCUT2D eigenvalue weighted by Crippen LogP contribution is -2.54. The van der Waals surface area contributed by atoms with E-state index in [1.807, 2.05) is 13.8 Å². The van der Waals surface area contributed by atoms with Crippen molar-refractivity contribution in [3.8, 4) is 0 Å². The largest absolute Gasteiger partial charge is 0.336 e. The normalized spacial score (nSPS) is 21.4. The molecule has 0 spiro atoms. The molecule has 2 heterocycles. The van der Waals surface area contributed by atoms with Crippen LogP contribution >= 0.6 is 0 Å². The molecule has 0 bridgehead atoms. The first-order valence-corrected chi connectivity index (χ1v) is 6.88. The van der Waals surface area contributed by atoms with Gasteiger partial charge < -0.3 is 10.6 Å². The molecule has 1 aromatic rings. The summed E-state index contributed by atoms with van der Waals surface area (Å²) >= 11 is 0. The third-order valence-electron chi connectivity index (χ3n) is 4.18. The number of aromatic nitrogens is 2. The molecule has 0 aliphatic carbocycles.